The van der Waals surface area contributed by atoms with Gasteiger partial charge in [0, 0.05) is 25.2 Å². The molecule has 0 aliphatic carbocycles. The zero-order valence-electron chi connectivity index (χ0n) is 18.0. The monoisotopic (exact) mass is 507 g/mol. The predicted molar refractivity (Wildman–Crippen MR) is 126 cm³/mol. The van der Waals surface area contributed by atoms with Crippen LogP contribution in [0.2, 0.25) is 5.02 Å². The number of hydrogen-bond acceptors (Lipinski definition) is 6. The molecule has 174 valence electrons. The molecule has 2 heterocycles. The number of rotatable bonds is 4. The summed E-state index contributed by atoms with van der Waals surface area (Å²) in [5.41, 5.74) is 1.25. The van der Waals surface area contributed by atoms with Crippen LogP contribution in [0.25, 0.3) is 10.2 Å². The molecule has 11 heteroatoms. The summed E-state index contributed by atoms with van der Waals surface area (Å²) in [5.74, 6) is -1.33. The number of ether oxygens (including phenoxy) is 1. The Morgan fingerprint density at radius 2 is 1.91 bits per heavy atom. The third kappa shape index (κ3) is 4.74. The molecule has 1 atom stereocenters. The molecule has 33 heavy (non-hydrogen) atoms. The molecule has 0 spiro atoms. The second kappa shape index (κ2) is 9.38. The third-order valence-electron chi connectivity index (χ3n) is 5.62. The van der Waals surface area contributed by atoms with Crippen LogP contribution in [0.5, 0.6) is 0 Å². The summed E-state index contributed by atoms with van der Waals surface area (Å²) in [6.07, 6.45) is 1.13. The van der Waals surface area contributed by atoms with Crippen molar-refractivity contribution in [2.24, 2.45) is 18.0 Å². The summed E-state index contributed by atoms with van der Waals surface area (Å²) < 4.78 is 34.7. The summed E-state index contributed by atoms with van der Waals surface area (Å²) >= 11 is 7.16. The fraction of sp³-hybridized carbons (Fsp3) is 0.318. The van der Waals surface area contributed by atoms with Crippen LogP contribution in [0, 0.1) is 5.92 Å². The number of benzene rings is 2. The first-order valence-corrected chi connectivity index (χ1v) is 12.9. The van der Waals surface area contributed by atoms with Gasteiger partial charge in [0.15, 0.2) is 4.80 Å². The quantitative estimate of drug-likeness (QED) is 0.505. The highest BCUT2D eigenvalue weighted by molar-refractivity contribution is 7.89. The second-order valence-electron chi connectivity index (χ2n) is 7.72. The molecular weight excluding hydrogens is 486 g/mol. The highest BCUT2D eigenvalue weighted by atomic mass is 35.5. The topological polar surface area (TPSA) is 98.0 Å². The van der Waals surface area contributed by atoms with E-state index in [1.165, 1.54) is 47.0 Å². The maximum atomic E-state index is 13.0. The minimum atomic E-state index is -3.73. The smallest absolute Gasteiger partial charge is 0.337 e. The van der Waals surface area contributed by atoms with E-state index in [1.807, 2.05) is 0 Å². The van der Waals surface area contributed by atoms with Gasteiger partial charge in [-0.15, -0.1) is 0 Å². The van der Waals surface area contributed by atoms with Crippen molar-refractivity contribution >= 4 is 55.1 Å². The van der Waals surface area contributed by atoms with Crippen LogP contribution in [-0.4, -0.2) is 49.4 Å². The average Bonchev–Trinajstić information content (AvgIpc) is 3.13. The van der Waals surface area contributed by atoms with Gasteiger partial charge in [-0.05, 0) is 55.3 Å². The molecule has 1 aliphatic heterocycles. The van der Waals surface area contributed by atoms with Gasteiger partial charge >= 0.3 is 5.97 Å². The Balaban J connectivity index is 1.59. The Kier molecular flexibility index (Phi) is 6.71. The van der Waals surface area contributed by atoms with Gasteiger partial charge < -0.3 is 9.30 Å². The number of aromatic nitrogens is 1. The van der Waals surface area contributed by atoms with Crippen molar-refractivity contribution in [2.45, 2.75) is 17.7 Å². The van der Waals surface area contributed by atoms with Crippen LogP contribution in [0.4, 0.5) is 0 Å². The van der Waals surface area contributed by atoms with Gasteiger partial charge in [-0.2, -0.15) is 9.30 Å². The Morgan fingerprint density at radius 3 is 2.61 bits per heavy atom. The number of nitrogens with zero attached hydrogens (tertiary/aromatic N) is 3. The summed E-state index contributed by atoms with van der Waals surface area (Å²) in [5, 5.41) is 0.453. The zero-order valence-corrected chi connectivity index (χ0v) is 20.4. The van der Waals surface area contributed by atoms with Crippen molar-refractivity contribution in [3.8, 4) is 0 Å². The van der Waals surface area contributed by atoms with E-state index in [1.54, 1.807) is 29.8 Å². The second-order valence-corrected chi connectivity index (χ2v) is 11.1. The van der Waals surface area contributed by atoms with Crippen LogP contribution in [0.1, 0.15) is 23.2 Å². The maximum Gasteiger partial charge on any atom is 0.337 e. The first-order valence-electron chi connectivity index (χ1n) is 10.2. The largest absolute Gasteiger partial charge is 0.465 e. The van der Waals surface area contributed by atoms with E-state index in [4.69, 9.17) is 16.3 Å². The highest BCUT2D eigenvalue weighted by Gasteiger charge is 2.33. The number of sulfonamides is 1. The van der Waals surface area contributed by atoms with Crippen molar-refractivity contribution in [1.29, 1.82) is 0 Å². The molecule has 1 unspecified atom stereocenters. The van der Waals surface area contributed by atoms with Crippen LogP contribution in [-0.2, 0) is 26.6 Å². The molecule has 1 aliphatic rings. The lowest BCUT2D eigenvalue weighted by Crippen LogP contribution is -2.42. The van der Waals surface area contributed by atoms with E-state index in [9.17, 15) is 18.0 Å². The maximum absolute atomic E-state index is 13.0. The Hall–Kier alpha value is -2.53. The number of hydrogen-bond donors (Lipinski definition) is 0. The van der Waals surface area contributed by atoms with Crippen molar-refractivity contribution in [3.63, 3.8) is 0 Å². The van der Waals surface area contributed by atoms with Crippen LogP contribution in [0.15, 0.2) is 52.4 Å². The van der Waals surface area contributed by atoms with Crippen molar-refractivity contribution in [3.05, 3.63) is 57.9 Å². The summed E-state index contributed by atoms with van der Waals surface area (Å²) in [6.45, 7) is 0.427. The van der Waals surface area contributed by atoms with E-state index in [0.29, 0.717) is 34.8 Å². The molecule has 1 saturated heterocycles. The van der Waals surface area contributed by atoms with Crippen molar-refractivity contribution in [1.82, 2.24) is 8.87 Å². The molecule has 1 fully saturated rings. The van der Waals surface area contributed by atoms with Crippen molar-refractivity contribution < 1.29 is 22.7 Å². The number of aryl methyl sites for hydroxylation is 1. The SMILES string of the molecule is COC(=O)c1ccc2c(c1)sc(=NC(=O)C1CCCN(S(=O)(=O)c3ccc(Cl)cc3)C1)n2C. The van der Waals surface area contributed by atoms with Gasteiger partial charge in [-0.25, -0.2) is 13.2 Å². The number of halogens is 1. The molecule has 0 bridgehead atoms. The molecule has 2 aromatic carbocycles. The van der Waals surface area contributed by atoms with Gasteiger partial charge in [0.05, 0.1) is 33.7 Å². The minimum absolute atomic E-state index is 0.0778. The lowest BCUT2D eigenvalue weighted by atomic mass is 9.99. The van der Waals surface area contributed by atoms with Crippen LogP contribution >= 0.6 is 22.9 Å². The van der Waals surface area contributed by atoms with Crippen molar-refractivity contribution in [2.75, 3.05) is 20.2 Å². The number of methoxy groups -OCH3 is 1. The Morgan fingerprint density at radius 1 is 1.18 bits per heavy atom. The van der Waals surface area contributed by atoms with Crippen LogP contribution < -0.4 is 4.80 Å². The van der Waals surface area contributed by atoms with E-state index in [0.717, 1.165) is 10.2 Å². The standard InChI is InChI=1S/C22H22ClN3O5S2/c1-25-18-10-5-14(21(28)31-2)12-19(18)32-22(25)24-20(27)15-4-3-11-26(13-15)33(29,30)17-8-6-16(23)7-9-17/h5-10,12,15H,3-4,11,13H2,1-2H3. The number of piperidine rings is 1. The number of carbonyl (C=O) groups is 2. The summed E-state index contributed by atoms with van der Waals surface area (Å²) in [4.78, 5) is 29.7. The fourth-order valence-electron chi connectivity index (χ4n) is 3.79. The first kappa shape index (κ1) is 23.6. The lowest BCUT2D eigenvalue weighted by Gasteiger charge is -2.30. The van der Waals surface area contributed by atoms with Gasteiger partial charge in [0.1, 0.15) is 0 Å². The molecular formula is C22H22ClN3O5S2. The van der Waals surface area contributed by atoms with E-state index in [2.05, 4.69) is 4.99 Å². The molecule has 4 rings (SSSR count). The molecule has 1 aromatic heterocycles. The van der Waals surface area contributed by atoms with E-state index in [-0.39, 0.29) is 17.3 Å². The van der Waals surface area contributed by atoms with Crippen LogP contribution in [0.3, 0.4) is 0 Å². The zero-order chi connectivity index (χ0) is 23.8. The number of thiazole rings is 1. The van der Waals surface area contributed by atoms with Gasteiger partial charge in [-0.1, -0.05) is 22.9 Å². The normalized spacial score (nSPS) is 17.9. The number of carbonyl (C=O) groups excluding carboxylic acids is 2. The average molecular weight is 508 g/mol. The minimum Gasteiger partial charge on any atom is -0.465 e. The molecule has 1 amide bonds. The molecule has 0 N–H and O–H groups in total. The Bertz CT molecular complexity index is 1390. The summed E-state index contributed by atoms with van der Waals surface area (Å²) in [6, 6.07) is 11.1. The predicted octanol–water partition coefficient (Wildman–Crippen LogP) is 3.21. The van der Waals surface area contributed by atoms with E-state index < -0.39 is 21.9 Å². The first-order chi connectivity index (χ1) is 15.7. The highest BCUT2D eigenvalue weighted by Crippen LogP contribution is 2.26. The summed E-state index contributed by atoms with van der Waals surface area (Å²) in [7, 11) is -0.615. The molecule has 0 saturated carbocycles. The lowest BCUT2D eigenvalue weighted by molar-refractivity contribution is -0.122. The third-order valence-corrected chi connectivity index (χ3v) is 8.85. The van der Waals surface area contributed by atoms with Gasteiger partial charge in [0.25, 0.3) is 5.91 Å². The Labute approximate surface area is 200 Å². The molecule has 8 nitrogen and oxygen atoms in total. The van der Waals surface area contributed by atoms with Gasteiger partial charge in [0.2, 0.25) is 10.0 Å². The fourth-order valence-corrected chi connectivity index (χ4v) is 6.50. The van der Waals surface area contributed by atoms with E-state index >= 15 is 0 Å². The van der Waals surface area contributed by atoms with Gasteiger partial charge in [-0.3, -0.25) is 4.79 Å². The number of fused-ring (bicyclic) bond motifs is 1. The molecule has 0 radical (unpaired) electrons. The number of esters is 1. The molecule has 3 aromatic rings. The number of amides is 1.